The van der Waals surface area contributed by atoms with E-state index in [1.165, 1.54) is 36.4 Å². The third-order valence-electron chi connectivity index (χ3n) is 4.94. The van der Waals surface area contributed by atoms with Crippen LogP contribution in [0.5, 0.6) is 11.5 Å². The van der Waals surface area contributed by atoms with E-state index in [1.54, 1.807) is 41.5 Å². The molecule has 11 nitrogen and oxygen atoms in total. The number of carbonyl (C=O) groups excluding carboxylic acids is 5. The van der Waals surface area contributed by atoms with Crippen LogP contribution in [-0.2, 0) is 28.8 Å². The van der Waals surface area contributed by atoms with Crippen LogP contribution < -0.4 is 9.78 Å². The lowest BCUT2D eigenvalue weighted by Crippen LogP contribution is -2.25. The van der Waals surface area contributed by atoms with Crippen molar-refractivity contribution in [2.75, 3.05) is 14.2 Å². The van der Waals surface area contributed by atoms with Crippen LogP contribution in [0.15, 0.2) is 36.4 Å². The van der Waals surface area contributed by atoms with Gasteiger partial charge in [-0.3, -0.25) is 14.6 Å². The average molecular weight is 531 g/mol. The van der Waals surface area contributed by atoms with Gasteiger partial charge in [0.15, 0.2) is 17.3 Å². The van der Waals surface area contributed by atoms with Gasteiger partial charge in [-0.2, -0.15) is 0 Å². The molecule has 0 aliphatic carbocycles. The Labute approximate surface area is 219 Å². The van der Waals surface area contributed by atoms with E-state index in [0.29, 0.717) is 0 Å². The molecule has 204 valence electrons. The second-order valence-electron chi connectivity index (χ2n) is 10.1. The molecule has 11 heteroatoms. The summed E-state index contributed by atoms with van der Waals surface area (Å²) in [6.07, 6.45) is 0. The van der Waals surface area contributed by atoms with Crippen molar-refractivity contribution in [1.29, 1.82) is 0 Å². The number of benzene rings is 2. The SMILES string of the molecule is COC(=O)c1ccc(C(=O)c2ccc(OOC(=O)C(C)(C)C)c(C(=O)OC)c2)cc1OOC(=O)C(C)(C)C. The first-order chi connectivity index (χ1) is 17.6. The van der Waals surface area contributed by atoms with Crippen molar-refractivity contribution in [1.82, 2.24) is 0 Å². The normalized spacial score (nSPS) is 11.2. The molecule has 0 amide bonds. The third-order valence-corrected chi connectivity index (χ3v) is 4.94. The van der Waals surface area contributed by atoms with Gasteiger partial charge in [0.2, 0.25) is 0 Å². The highest BCUT2D eigenvalue weighted by Crippen LogP contribution is 2.28. The Bertz CT molecular complexity index is 1250. The minimum absolute atomic E-state index is 0.0307. The summed E-state index contributed by atoms with van der Waals surface area (Å²) in [5.41, 5.74) is -1.97. The van der Waals surface area contributed by atoms with Crippen LogP contribution in [-0.4, -0.2) is 43.9 Å². The molecule has 0 fully saturated rings. The van der Waals surface area contributed by atoms with E-state index in [0.717, 1.165) is 14.2 Å². The van der Waals surface area contributed by atoms with Crippen molar-refractivity contribution >= 4 is 29.7 Å². The Kier molecular flexibility index (Phi) is 9.23. The van der Waals surface area contributed by atoms with Crippen molar-refractivity contribution in [3.05, 3.63) is 58.7 Å². The zero-order valence-electron chi connectivity index (χ0n) is 22.5. The van der Waals surface area contributed by atoms with Gasteiger partial charge in [-0.15, -0.1) is 0 Å². The predicted molar refractivity (Wildman–Crippen MR) is 131 cm³/mol. The molecule has 0 aromatic heterocycles. The monoisotopic (exact) mass is 530 g/mol. The fourth-order valence-electron chi connectivity index (χ4n) is 2.61. The van der Waals surface area contributed by atoms with E-state index in [1.807, 2.05) is 0 Å². The molecule has 2 aromatic rings. The molecule has 0 bridgehead atoms. The standard InChI is InChI=1S/C27H30O11/c1-26(2,3)24(31)37-35-19-12-10-15(13-18(19)23(30)34-8)21(28)16-9-11-17(22(29)33-7)20(14-16)36-38-25(32)27(4,5)6/h9-14H,1-8H3. The number of ether oxygens (including phenoxy) is 2. The van der Waals surface area contributed by atoms with E-state index < -0.39 is 40.5 Å². The first kappa shape index (κ1) is 29.8. The molecule has 0 heterocycles. The lowest BCUT2D eigenvalue weighted by molar-refractivity contribution is -0.223. The summed E-state index contributed by atoms with van der Waals surface area (Å²) in [6.45, 7) is 9.68. The summed E-state index contributed by atoms with van der Waals surface area (Å²) in [7, 11) is 2.29. The highest BCUT2D eigenvalue weighted by atomic mass is 17.2. The average Bonchev–Trinajstić information content (AvgIpc) is 2.87. The summed E-state index contributed by atoms with van der Waals surface area (Å²) < 4.78 is 9.48. The Morgan fingerprint density at radius 3 is 1.53 bits per heavy atom. The minimum Gasteiger partial charge on any atom is -0.465 e. The van der Waals surface area contributed by atoms with E-state index in [2.05, 4.69) is 0 Å². The van der Waals surface area contributed by atoms with Gasteiger partial charge in [0.25, 0.3) is 0 Å². The second kappa shape index (κ2) is 11.8. The molecule has 0 unspecified atom stereocenters. The molecule has 0 atom stereocenters. The first-order valence-electron chi connectivity index (χ1n) is 11.4. The van der Waals surface area contributed by atoms with Crippen LogP contribution in [0.1, 0.15) is 78.2 Å². The van der Waals surface area contributed by atoms with Crippen LogP contribution >= 0.6 is 0 Å². The second-order valence-corrected chi connectivity index (χ2v) is 10.1. The maximum atomic E-state index is 13.3. The van der Waals surface area contributed by atoms with Gasteiger partial charge in [0, 0.05) is 11.1 Å². The molecule has 0 spiro atoms. The number of hydrogen-bond acceptors (Lipinski definition) is 11. The van der Waals surface area contributed by atoms with E-state index in [4.69, 9.17) is 29.0 Å². The summed E-state index contributed by atoms with van der Waals surface area (Å²) >= 11 is 0. The van der Waals surface area contributed by atoms with Crippen LogP contribution in [0.25, 0.3) is 0 Å². The number of rotatable bonds is 8. The van der Waals surface area contributed by atoms with Gasteiger partial charge >= 0.3 is 23.9 Å². The van der Waals surface area contributed by atoms with Crippen molar-refractivity contribution in [3.63, 3.8) is 0 Å². The largest absolute Gasteiger partial charge is 0.465 e. The molecule has 2 rings (SSSR count). The highest BCUT2D eigenvalue weighted by Gasteiger charge is 2.28. The van der Waals surface area contributed by atoms with Gasteiger partial charge < -0.3 is 9.47 Å². The topological polar surface area (TPSA) is 141 Å². The lowest BCUT2D eigenvalue weighted by atomic mass is 9.98. The van der Waals surface area contributed by atoms with Crippen molar-refractivity contribution < 1.29 is 53.0 Å². The molecule has 2 aromatic carbocycles. The van der Waals surface area contributed by atoms with Crippen LogP contribution in [0, 0.1) is 10.8 Å². The maximum Gasteiger partial charge on any atom is 0.360 e. The number of ketones is 1. The fraction of sp³-hybridized carbons (Fsp3) is 0.370. The van der Waals surface area contributed by atoms with Gasteiger partial charge in [0.1, 0.15) is 11.1 Å². The molecule has 0 aliphatic rings. The van der Waals surface area contributed by atoms with Crippen molar-refractivity contribution in [2.45, 2.75) is 41.5 Å². The predicted octanol–water partition coefficient (Wildman–Crippen LogP) is 4.26. The summed E-state index contributed by atoms with van der Waals surface area (Å²) in [5, 5.41) is 0. The van der Waals surface area contributed by atoms with Gasteiger partial charge in [-0.25, -0.2) is 29.0 Å². The molecular formula is C27H30O11. The van der Waals surface area contributed by atoms with Gasteiger partial charge in [-0.05, 0) is 77.9 Å². The minimum atomic E-state index is -0.895. The summed E-state index contributed by atoms with van der Waals surface area (Å²) in [6, 6.07) is 7.59. The van der Waals surface area contributed by atoms with Crippen molar-refractivity contribution in [2.24, 2.45) is 10.8 Å². The number of hydrogen-bond donors (Lipinski definition) is 0. The molecule has 0 aliphatic heterocycles. The Morgan fingerprint density at radius 1 is 0.579 bits per heavy atom. The maximum absolute atomic E-state index is 13.3. The Hall–Kier alpha value is -4.41. The van der Waals surface area contributed by atoms with Crippen LogP contribution in [0.4, 0.5) is 0 Å². The number of esters is 2. The van der Waals surface area contributed by atoms with Crippen LogP contribution in [0.2, 0.25) is 0 Å². The Balaban J connectivity index is 2.43. The third kappa shape index (κ3) is 7.31. The van der Waals surface area contributed by atoms with Gasteiger partial charge in [0.05, 0.1) is 25.0 Å². The first-order valence-corrected chi connectivity index (χ1v) is 11.4. The molecule has 0 N–H and O–H groups in total. The molecule has 0 saturated carbocycles. The Morgan fingerprint density at radius 2 is 1.03 bits per heavy atom. The quantitative estimate of drug-likeness (QED) is 0.209. The number of methoxy groups -OCH3 is 2. The molecular weight excluding hydrogens is 500 g/mol. The van der Waals surface area contributed by atoms with Crippen LogP contribution in [0.3, 0.4) is 0 Å². The molecule has 0 saturated heterocycles. The number of carbonyl (C=O) groups is 5. The highest BCUT2D eigenvalue weighted by molar-refractivity contribution is 6.11. The lowest BCUT2D eigenvalue weighted by Gasteiger charge is -2.16. The molecule has 38 heavy (non-hydrogen) atoms. The molecule has 0 radical (unpaired) electrons. The summed E-state index contributed by atoms with van der Waals surface area (Å²) in [4.78, 5) is 81.8. The van der Waals surface area contributed by atoms with E-state index in [-0.39, 0.29) is 33.8 Å². The van der Waals surface area contributed by atoms with E-state index >= 15 is 0 Å². The van der Waals surface area contributed by atoms with Gasteiger partial charge in [-0.1, -0.05) is 0 Å². The van der Waals surface area contributed by atoms with Crippen molar-refractivity contribution in [3.8, 4) is 11.5 Å². The zero-order chi connectivity index (χ0) is 28.8. The smallest absolute Gasteiger partial charge is 0.360 e. The van der Waals surface area contributed by atoms with E-state index in [9.17, 15) is 24.0 Å². The fourth-order valence-corrected chi connectivity index (χ4v) is 2.61. The zero-order valence-corrected chi connectivity index (χ0v) is 22.5. The summed E-state index contributed by atoms with van der Waals surface area (Å²) in [5.74, 6) is -4.00.